The Balaban J connectivity index is 2.01. The molecule has 110 valence electrons. The summed E-state index contributed by atoms with van der Waals surface area (Å²) in [6.45, 7) is 5.12. The van der Waals surface area contributed by atoms with Gasteiger partial charge in [0, 0.05) is 25.7 Å². The molecule has 2 aliphatic heterocycles. The first-order chi connectivity index (χ1) is 9.52. The van der Waals surface area contributed by atoms with Crippen LogP contribution in [-0.2, 0) is 10.0 Å². The Morgan fingerprint density at radius 1 is 1.35 bits per heavy atom. The van der Waals surface area contributed by atoms with Crippen molar-refractivity contribution in [3.63, 3.8) is 0 Å². The standard InChI is InChI=1S/C14H21N3O2S/c1-2-12-11-8-16-7-10(11)9-17(12)13-5-3-4-6-14(13)20(15,18)19/h3-6,10-12,16H,2,7-9H2,1H3,(H2,15,18,19). The van der Waals surface area contributed by atoms with Gasteiger partial charge in [0.05, 0.1) is 5.69 Å². The van der Waals surface area contributed by atoms with Gasteiger partial charge in [0.1, 0.15) is 4.90 Å². The van der Waals surface area contributed by atoms with E-state index in [9.17, 15) is 8.42 Å². The van der Waals surface area contributed by atoms with E-state index in [4.69, 9.17) is 5.14 Å². The minimum atomic E-state index is -3.68. The minimum absolute atomic E-state index is 0.242. The number of rotatable bonds is 3. The number of anilines is 1. The van der Waals surface area contributed by atoms with E-state index >= 15 is 0 Å². The SMILES string of the molecule is CCC1C2CNCC2CN1c1ccccc1S(N)(=O)=O. The number of primary sulfonamides is 1. The summed E-state index contributed by atoms with van der Waals surface area (Å²) in [5.41, 5.74) is 0.760. The molecule has 5 nitrogen and oxygen atoms in total. The first-order valence-corrected chi connectivity index (χ1v) is 8.66. The molecule has 1 aromatic carbocycles. The van der Waals surface area contributed by atoms with Crippen LogP contribution < -0.4 is 15.4 Å². The van der Waals surface area contributed by atoms with Crippen molar-refractivity contribution in [3.8, 4) is 0 Å². The summed E-state index contributed by atoms with van der Waals surface area (Å²) in [5, 5.41) is 8.80. The van der Waals surface area contributed by atoms with Crippen LogP contribution in [0.4, 0.5) is 5.69 Å². The van der Waals surface area contributed by atoms with Gasteiger partial charge in [-0.2, -0.15) is 0 Å². The Morgan fingerprint density at radius 2 is 2.10 bits per heavy atom. The zero-order valence-corrected chi connectivity index (χ0v) is 12.4. The molecule has 1 aromatic rings. The molecule has 6 heteroatoms. The topological polar surface area (TPSA) is 75.4 Å². The van der Waals surface area contributed by atoms with Crippen LogP contribution in [0.25, 0.3) is 0 Å². The molecular weight excluding hydrogens is 274 g/mol. The second kappa shape index (κ2) is 5.02. The Morgan fingerprint density at radius 3 is 2.80 bits per heavy atom. The lowest BCUT2D eigenvalue weighted by Crippen LogP contribution is -2.36. The van der Waals surface area contributed by atoms with Crippen molar-refractivity contribution in [2.45, 2.75) is 24.3 Å². The normalized spacial score (nSPS) is 29.7. The Kier molecular flexibility index (Phi) is 3.48. The number of nitrogens with zero attached hydrogens (tertiary/aromatic N) is 1. The van der Waals surface area contributed by atoms with Gasteiger partial charge < -0.3 is 10.2 Å². The summed E-state index contributed by atoms with van der Waals surface area (Å²) in [6, 6.07) is 7.46. The molecule has 0 amide bonds. The van der Waals surface area contributed by atoms with Crippen LogP contribution in [0.15, 0.2) is 29.2 Å². The average molecular weight is 295 g/mol. The van der Waals surface area contributed by atoms with Gasteiger partial charge in [-0.05, 0) is 30.4 Å². The van der Waals surface area contributed by atoms with E-state index in [2.05, 4.69) is 17.1 Å². The van der Waals surface area contributed by atoms with Crippen LogP contribution in [0.2, 0.25) is 0 Å². The van der Waals surface area contributed by atoms with Crippen molar-refractivity contribution >= 4 is 15.7 Å². The third kappa shape index (κ3) is 2.21. The number of benzene rings is 1. The lowest BCUT2D eigenvalue weighted by atomic mass is 9.93. The van der Waals surface area contributed by atoms with E-state index in [1.54, 1.807) is 12.1 Å². The Bertz CT molecular complexity index is 602. The van der Waals surface area contributed by atoms with Gasteiger partial charge in [-0.25, -0.2) is 13.6 Å². The molecule has 3 rings (SSSR count). The monoisotopic (exact) mass is 295 g/mol. The molecule has 0 aromatic heterocycles. The maximum atomic E-state index is 11.8. The number of para-hydroxylation sites is 1. The molecule has 0 saturated carbocycles. The third-order valence-electron chi connectivity index (χ3n) is 4.62. The van der Waals surface area contributed by atoms with Gasteiger partial charge in [-0.3, -0.25) is 0 Å². The summed E-state index contributed by atoms with van der Waals surface area (Å²) in [6.07, 6.45) is 1.02. The number of nitrogens with one attached hydrogen (secondary N) is 1. The minimum Gasteiger partial charge on any atom is -0.367 e. The number of fused-ring (bicyclic) bond motifs is 1. The number of hydrogen-bond acceptors (Lipinski definition) is 4. The van der Waals surface area contributed by atoms with Crippen LogP contribution >= 0.6 is 0 Å². The summed E-state index contributed by atoms with van der Waals surface area (Å²) >= 11 is 0. The van der Waals surface area contributed by atoms with Gasteiger partial charge in [-0.15, -0.1) is 0 Å². The van der Waals surface area contributed by atoms with Gasteiger partial charge in [0.25, 0.3) is 0 Å². The number of sulfonamides is 1. The largest absolute Gasteiger partial charge is 0.367 e. The highest BCUT2D eigenvalue weighted by atomic mass is 32.2. The predicted octanol–water partition coefficient (Wildman–Crippen LogP) is 0.768. The summed E-state index contributed by atoms with van der Waals surface area (Å²) < 4.78 is 23.6. The first kappa shape index (κ1) is 13.9. The van der Waals surface area contributed by atoms with Crippen molar-refractivity contribution in [1.29, 1.82) is 0 Å². The van der Waals surface area contributed by atoms with E-state index in [0.717, 1.165) is 31.7 Å². The number of hydrogen-bond donors (Lipinski definition) is 2. The van der Waals surface area contributed by atoms with E-state index in [1.165, 1.54) is 0 Å². The van der Waals surface area contributed by atoms with Gasteiger partial charge in [0.15, 0.2) is 0 Å². The van der Waals surface area contributed by atoms with Crippen molar-refractivity contribution in [2.75, 3.05) is 24.5 Å². The van der Waals surface area contributed by atoms with Crippen molar-refractivity contribution in [3.05, 3.63) is 24.3 Å². The molecule has 2 saturated heterocycles. The quantitative estimate of drug-likeness (QED) is 0.863. The van der Waals surface area contributed by atoms with E-state index in [-0.39, 0.29) is 4.90 Å². The lowest BCUT2D eigenvalue weighted by Gasteiger charge is -2.30. The molecule has 3 unspecified atom stereocenters. The second-order valence-electron chi connectivity index (χ2n) is 5.72. The second-order valence-corrected chi connectivity index (χ2v) is 7.25. The molecule has 0 bridgehead atoms. The summed E-state index contributed by atoms with van der Waals surface area (Å²) in [4.78, 5) is 2.49. The van der Waals surface area contributed by atoms with Crippen LogP contribution in [0.1, 0.15) is 13.3 Å². The highest BCUT2D eigenvalue weighted by Crippen LogP contribution is 2.39. The summed E-state index contributed by atoms with van der Waals surface area (Å²) in [5.74, 6) is 1.21. The van der Waals surface area contributed by atoms with Gasteiger partial charge >= 0.3 is 0 Å². The summed E-state index contributed by atoms with van der Waals surface area (Å²) in [7, 11) is -3.68. The first-order valence-electron chi connectivity index (χ1n) is 7.11. The van der Waals surface area contributed by atoms with Crippen molar-refractivity contribution in [2.24, 2.45) is 17.0 Å². The predicted molar refractivity (Wildman–Crippen MR) is 79.1 cm³/mol. The molecular formula is C14H21N3O2S. The third-order valence-corrected chi connectivity index (χ3v) is 5.58. The molecule has 2 fully saturated rings. The molecule has 20 heavy (non-hydrogen) atoms. The maximum Gasteiger partial charge on any atom is 0.240 e. The van der Waals surface area contributed by atoms with Crippen LogP contribution in [0.3, 0.4) is 0 Å². The molecule has 3 N–H and O–H groups in total. The fraction of sp³-hybridized carbons (Fsp3) is 0.571. The molecule has 3 atom stereocenters. The molecule has 0 aliphatic carbocycles. The molecule has 0 radical (unpaired) electrons. The fourth-order valence-electron chi connectivity index (χ4n) is 3.76. The molecule has 0 spiro atoms. The zero-order valence-electron chi connectivity index (χ0n) is 11.6. The highest BCUT2D eigenvalue weighted by molar-refractivity contribution is 7.89. The Labute approximate surface area is 120 Å². The van der Waals surface area contributed by atoms with Gasteiger partial charge in [0.2, 0.25) is 10.0 Å². The molecule has 2 aliphatic rings. The Hall–Kier alpha value is -1.11. The highest BCUT2D eigenvalue weighted by Gasteiger charge is 2.44. The smallest absolute Gasteiger partial charge is 0.240 e. The van der Waals surface area contributed by atoms with Crippen LogP contribution in [-0.4, -0.2) is 34.1 Å². The maximum absolute atomic E-state index is 11.8. The lowest BCUT2D eigenvalue weighted by molar-refractivity contribution is 0.441. The number of nitrogens with two attached hydrogens (primary N) is 1. The van der Waals surface area contributed by atoms with E-state index < -0.39 is 10.0 Å². The zero-order chi connectivity index (χ0) is 14.3. The molecule has 2 heterocycles. The van der Waals surface area contributed by atoms with Crippen molar-refractivity contribution < 1.29 is 8.42 Å². The van der Waals surface area contributed by atoms with Gasteiger partial charge in [-0.1, -0.05) is 19.1 Å². The average Bonchev–Trinajstić information content (AvgIpc) is 2.97. The van der Waals surface area contributed by atoms with Crippen LogP contribution in [0, 0.1) is 11.8 Å². The van der Waals surface area contributed by atoms with E-state index in [0.29, 0.717) is 17.9 Å². The van der Waals surface area contributed by atoms with Crippen LogP contribution in [0.5, 0.6) is 0 Å². The fourth-order valence-corrected chi connectivity index (χ4v) is 4.50. The van der Waals surface area contributed by atoms with E-state index in [1.807, 2.05) is 12.1 Å². The van der Waals surface area contributed by atoms with Crippen molar-refractivity contribution in [1.82, 2.24) is 5.32 Å².